The van der Waals surface area contributed by atoms with Crippen LogP contribution in [0.25, 0.3) is 0 Å². The zero-order valence-electron chi connectivity index (χ0n) is 16.9. The molecule has 3 N–H and O–H groups in total. The molecule has 0 unspecified atom stereocenters. The van der Waals surface area contributed by atoms with E-state index in [1.807, 2.05) is 44.2 Å². The van der Waals surface area contributed by atoms with Gasteiger partial charge in [0, 0.05) is 4.88 Å². The molecule has 0 saturated carbocycles. The molecule has 7 heteroatoms. The molecule has 1 heterocycles. The van der Waals surface area contributed by atoms with Crippen LogP contribution >= 0.6 is 11.3 Å². The lowest BCUT2D eigenvalue weighted by Crippen LogP contribution is -2.19. The van der Waals surface area contributed by atoms with Crippen LogP contribution in [0.3, 0.4) is 0 Å². The first-order chi connectivity index (χ1) is 14.5. The summed E-state index contributed by atoms with van der Waals surface area (Å²) in [5, 5.41) is 3.29. The maximum Gasteiger partial charge on any atom is 0.260 e. The topological polar surface area (TPSA) is 90.7 Å². The number of rotatable bonds is 9. The Hall–Kier alpha value is -3.32. The van der Waals surface area contributed by atoms with Crippen LogP contribution in [0.2, 0.25) is 0 Å². The maximum absolute atomic E-state index is 12.9. The van der Waals surface area contributed by atoms with Crippen molar-refractivity contribution >= 4 is 28.2 Å². The summed E-state index contributed by atoms with van der Waals surface area (Å²) in [6.45, 7) is 4.49. The van der Waals surface area contributed by atoms with Crippen molar-refractivity contribution in [1.82, 2.24) is 0 Å². The minimum Gasteiger partial charge on any atom is -0.490 e. The predicted molar refractivity (Wildman–Crippen MR) is 119 cm³/mol. The smallest absolute Gasteiger partial charge is 0.260 e. The molecule has 0 spiro atoms. The molecule has 0 aliphatic rings. The number of aryl methyl sites for hydroxylation is 1. The van der Waals surface area contributed by atoms with Crippen LogP contribution < -0.4 is 20.5 Å². The fourth-order valence-corrected chi connectivity index (χ4v) is 4.28. The maximum atomic E-state index is 12.9. The highest BCUT2D eigenvalue weighted by atomic mass is 32.1. The van der Waals surface area contributed by atoms with Crippen LogP contribution in [-0.2, 0) is 6.42 Å². The van der Waals surface area contributed by atoms with Gasteiger partial charge < -0.3 is 20.5 Å². The number of nitrogens with two attached hydrogens (primary N) is 1. The van der Waals surface area contributed by atoms with Crippen molar-refractivity contribution in [3.63, 3.8) is 0 Å². The third-order valence-corrected chi connectivity index (χ3v) is 5.58. The van der Waals surface area contributed by atoms with Gasteiger partial charge in [-0.3, -0.25) is 9.59 Å². The number of ether oxygens (including phenoxy) is 2. The molecule has 0 aliphatic carbocycles. The van der Waals surface area contributed by atoms with E-state index in [0.29, 0.717) is 34.9 Å². The van der Waals surface area contributed by atoms with Gasteiger partial charge in [-0.25, -0.2) is 0 Å². The summed E-state index contributed by atoms with van der Waals surface area (Å²) in [7, 11) is 0. The van der Waals surface area contributed by atoms with Gasteiger partial charge in [0.2, 0.25) is 0 Å². The number of anilines is 1. The second kappa shape index (κ2) is 9.93. The van der Waals surface area contributed by atoms with Crippen molar-refractivity contribution in [3.8, 4) is 11.5 Å². The molecular formula is C23H24N2O4S. The number of carbonyl (C=O) groups is 2. The van der Waals surface area contributed by atoms with Crippen LogP contribution in [0.4, 0.5) is 5.00 Å². The van der Waals surface area contributed by atoms with Crippen molar-refractivity contribution in [3.05, 3.63) is 76.2 Å². The molecule has 0 fully saturated rings. The van der Waals surface area contributed by atoms with Crippen LogP contribution in [0, 0.1) is 6.92 Å². The standard InChI is InChI=1S/C23H24N2O4S/c1-3-17-15(2)30-23(20(17)21(24)26)25-22(27)18-11-7-8-12-19(18)29-14-13-28-16-9-5-4-6-10-16/h4-12H,3,13-14H2,1-2H3,(H2,24,26)(H,25,27). The van der Waals surface area contributed by atoms with E-state index in [-0.39, 0.29) is 12.5 Å². The first-order valence-electron chi connectivity index (χ1n) is 9.64. The molecule has 0 radical (unpaired) electrons. The summed E-state index contributed by atoms with van der Waals surface area (Å²) in [5.74, 6) is 0.289. The third kappa shape index (κ3) is 4.99. The molecule has 3 aromatic rings. The molecule has 1 aromatic heterocycles. The highest BCUT2D eigenvalue weighted by Gasteiger charge is 2.22. The van der Waals surface area contributed by atoms with Crippen LogP contribution in [0.5, 0.6) is 11.5 Å². The number of hydrogen-bond donors (Lipinski definition) is 2. The summed E-state index contributed by atoms with van der Waals surface area (Å²) >= 11 is 1.35. The van der Waals surface area contributed by atoms with Crippen LogP contribution in [-0.4, -0.2) is 25.0 Å². The van der Waals surface area contributed by atoms with Gasteiger partial charge in [0.05, 0.1) is 11.1 Å². The number of benzene rings is 2. The quantitative estimate of drug-likeness (QED) is 0.497. The van der Waals surface area contributed by atoms with Gasteiger partial charge in [0.15, 0.2) is 0 Å². The lowest BCUT2D eigenvalue weighted by Gasteiger charge is -2.12. The Morgan fingerprint density at radius 1 is 1.00 bits per heavy atom. The molecule has 3 rings (SSSR count). The first-order valence-corrected chi connectivity index (χ1v) is 10.5. The summed E-state index contributed by atoms with van der Waals surface area (Å²) in [4.78, 5) is 25.8. The predicted octanol–water partition coefficient (Wildman–Crippen LogP) is 4.43. The molecule has 6 nitrogen and oxygen atoms in total. The van der Waals surface area contributed by atoms with Crippen molar-refractivity contribution in [1.29, 1.82) is 0 Å². The fourth-order valence-electron chi connectivity index (χ4n) is 3.13. The summed E-state index contributed by atoms with van der Waals surface area (Å²) < 4.78 is 11.4. The number of thiophene rings is 1. The second-order valence-corrected chi connectivity index (χ2v) is 7.74. The highest BCUT2D eigenvalue weighted by Crippen LogP contribution is 2.34. The Morgan fingerprint density at radius 2 is 1.67 bits per heavy atom. The lowest BCUT2D eigenvalue weighted by atomic mass is 10.1. The highest BCUT2D eigenvalue weighted by molar-refractivity contribution is 7.16. The van der Waals surface area contributed by atoms with Crippen molar-refractivity contribution in [2.45, 2.75) is 20.3 Å². The Kier molecular flexibility index (Phi) is 7.08. The van der Waals surface area contributed by atoms with Gasteiger partial charge in [-0.15, -0.1) is 11.3 Å². The SMILES string of the molecule is CCc1c(C)sc(NC(=O)c2ccccc2OCCOc2ccccc2)c1C(N)=O. The Morgan fingerprint density at radius 3 is 2.37 bits per heavy atom. The fraction of sp³-hybridized carbons (Fsp3) is 0.217. The third-order valence-electron chi connectivity index (χ3n) is 4.52. The number of carbonyl (C=O) groups excluding carboxylic acids is 2. The van der Waals surface area contributed by atoms with Gasteiger partial charge in [-0.2, -0.15) is 0 Å². The van der Waals surface area contributed by atoms with Crippen LogP contribution in [0.15, 0.2) is 54.6 Å². The van der Waals surface area contributed by atoms with Gasteiger partial charge in [0.25, 0.3) is 11.8 Å². The van der Waals surface area contributed by atoms with E-state index in [2.05, 4.69) is 5.32 Å². The first kappa shape index (κ1) is 21.4. The Labute approximate surface area is 179 Å². The van der Waals surface area contributed by atoms with E-state index in [1.165, 1.54) is 11.3 Å². The molecule has 30 heavy (non-hydrogen) atoms. The summed E-state index contributed by atoms with van der Waals surface area (Å²) in [6.07, 6.45) is 0.664. The largest absolute Gasteiger partial charge is 0.490 e. The van der Waals surface area contributed by atoms with E-state index in [9.17, 15) is 9.59 Å². The van der Waals surface area contributed by atoms with Crippen molar-refractivity contribution in [2.75, 3.05) is 18.5 Å². The number of nitrogens with one attached hydrogen (secondary N) is 1. The van der Waals surface area contributed by atoms with E-state index < -0.39 is 5.91 Å². The average Bonchev–Trinajstić information content (AvgIpc) is 3.07. The molecule has 2 amide bonds. The van der Waals surface area contributed by atoms with Crippen molar-refractivity contribution in [2.24, 2.45) is 5.73 Å². The molecule has 0 saturated heterocycles. The molecule has 2 aromatic carbocycles. The van der Waals surface area contributed by atoms with Gasteiger partial charge >= 0.3 is 0 Å². The summed E-state index contributed by atoms with van der Waals surface area (Å²) in [6, 6.07) is 16.4. The lowest BCUT2D eigenvalue weighted by molar-refractivity contribution is 0.100. The van der Waals surface area contributed by atoms with E-state index in [4.69, 9.17) is 15.2 Å². The molecule has 0 atom stereocenters. The Bertz CT molecular complexity index is 1030. The van der Waals surface area contributed by atoms with Gasteiger partial charge in [-0.1, -0.05) is 37.3 Å². The second-order valence-electron chi connectivity index (χ2n) is 6.52. The zero-order chi connectivity index (χ0) is 21.5. The average molecular weight is 425 g/mol. The molecule has 0 aliphatic heterocycles. The number of primary amides is 1. The summed E-state index contributed by atoms with van der Waals surface area (Å²) in [5.41, 5.74) is 7.17. The molecular weight excluding hydrogens is 400 g/mol. The number of para-hydroxylation sites is 2. The molecule has 0 bridgehead atoms. The van der Waals surface area contributed by atoms with Crippen LogP contribution in [0.1, 0.15) is 38.1 Å². The minimum absolute atomic E-state index is 0.282. The van der Waals surface area contributed by atoms with Gasteiger partial charge in [-0.05, 0) is 43.2 Å². The zero-order valence-corrected chi connectivity index (χ0v) is 17.8. The van der Waals surface area contributed by atoms with Crippen molar-refractivity contribution < 1.29 is 19.1 Å². The van der Waals surface area contributed by atoms with E-state index in [1.54, 1.807) is 24.3 Å². The monoisotopic (exact) mass is 424 g/mol. The minimum atomic E-state index is -0.547. The number of hydrogen-bond acceptors (Lipinski definition) is 5. The van der Waals surface area contributed by atoms with E-state index in [0.717, 1.165) is 16.2 Å². The Balaban J connectivity index is 1.69. The molecule has 156 valence electrons. The van der Waals surface area contributed by atoms with E-state index >= 15 is 0 Å². The normalized spacial score (nSPS) is 10.5. The number of amides is 2. The van der Waals surface area contributed by atoms with Gasteiger partial charge in [0.1, 0.15) is 29.7 Å².